The normalized spacial score (nSPS) is 11.8. The highest BCUT2D eigenvalue weighted by atomic mass is 19.3. The number of primary amides is 1. The van der Waals surface area contributed by atoms with Gasteiger partial charge in [-0.05, 0) is 38.0 Å². The van der Waals surface area contributed by atoms with Gasteiger partial charge in [0.2, 0.25) is 0 Å². The van der Waals surface area contributed by atoms with Crippen molar-refractivity contribution in [2.24, 2.45) is 5.73 Å². The minimum atomic E-state index is -3.17. The fourth-order valence-electron chi connectivity index (χ4n) is 3.10. The van der Waals surface area contributed by atoms with E-state index in [1.54, 1.807) is 20.0 Å². The number of fused-ring (bicyclic) bond motifs is 1. The van der Waals surface area contributed by atoms with Crippen LogP contribution in [0.2, 0.25) is 0 Å². The van der Waals surface area contributed by atoms with Gasteiger partial charge in [-0.25, -0.2) is 9.50 Å². The van der Waals surface area contributed by atoms with Crippen LogP contribution in [0, 0.1) is 0 Å². The predicted molar refractivity (Wildman–Crippen MR) is 111 cm³/mol. The maximum atomic E-state index is 13.0. The molecule has 0 saturated heterocycles. The summed E-state index contributed by atoms with van der Waals surface area (Å²) in [4.78, 5) is 16.4. The number of aryl methyl sites for hydroxylation is 1. The second-order valence-corrected chi connectivity index (χ2v) is 7.63. The van der Waals surface area contributed by atoms with E-state index in [0.29, 0.717) is 34.6 Å². The first-order chi connectivity index (χ1) is 15.0. The molecule has 0 bridgehead atoms. The summed E-state index contributed by atoms with van der Waals surface area (Å²) >= 11 is 0. The number of aliphatic hydroxyl groups is 1. The van der Waals surface area contributed by atoms with Gasteiger partial charge in [-0.15, -0.1) is 0 Å². The molecule has 1 aromatic carbocycles. The standard InChI is InChI=1S/C21H24F2N4O5/c1-5-13-16(31-10-21(2,3)29)9-27-19(26-13)12(8-25-27)11-6-14(30-4)17(18(24)28)15(7-11)32-20(22)23/h6-9,20,29H,5,10H2,1-4H3,(H2,24,28). The number of rotatable bonds is 9. The Hall–Kier alpha value is -3.47. The Balaban J connectivity index is 2.14. The van der Waals surface area contributed by atoms with E-state index in [4.69, 9.17) is 15.2 Å². The lowest BCUT2D eigenvalue weighted by Gasteiger charge is -2.19. The first-order valence-corrected chi connectivity index (χ1v) is 9.73. The zero-order valence-corrected chi connectivity index (χ0v) is 18.1. The van der Waals surface area contributed by atoms with Crippen LogP contribution in [0.5, 0.6) is 17.2 Å². The van der Waals surface area contributed by atoms with Gasteiger partial charge in [0.15, 0.2) is 11.4 Å². The van der Waals surface area contributed by atoms with E-state index in [2.05, 4.69) is 14.8 Å². The van der Waals surface area contributed by atoms with E-state index in [0.717, 1.165) is 0 Å². The number of hydrogen-bond acceptors (Lipinski definition) is 7. The lowest BCUT2D eigenvalue weighted by Crippen LogP contribution is -2.28. The Kier molecular flexibility index (Phi) is 6.49. The number of aromatic nitrogens is 3. The van der Waals surface area contributed by atoms with Crippen LogP contribution in [-0.2, 0) is 6.42 Å². The Labute approximate surface area is 182 Å². The molecule has 3 aromatic rings. The molecule has 3 N–H and O–H groups in total. The van der Waals surface area contributed by atoms with Crippen molar-refractivity contribution in [2.75, 3.05) is 13.7 Å². The number of methoxy groups -OCH3 is 1. The van der Waals surface area contributed by atoms with Crippen molar-refractivity contribution >= 4 is 11.6 Å². The van der Waals surface area contributed by atoms with Crippen molar-refractivity contribution in [2.45, 2.75) is 39.4 Å². The molecule has 0 aliphatic carbocycles. The van der Waals surface area contributed by atoms with Crippen molar-refractivity contribution < 1.29 is 32.9 Å². The number of halogens is 2. The predicted octanol–water partition coefficient (Wildman–Crippen LogP) is 2.82. The van der Waals surface area contributed by atoms with Gasteiger partial charge < -0.3 is 25.1 Å². The largest absolute Gasteiger partial charge is 0.496 e. The molecule has 0 spiro atoms. The van der Waals surface area contributed by atoms with Gasteiger partial charge in [0, 0.05) is 5.56 Å². The topological polar surface area (TPSA) is 121 Å². The number of carbonyl (C=O) groups is 1. The second-order valence-electron chi connectivity index (χ2n) is 7.63. The maximum absolute atomic E-state index is 13.0. The molecule has 0 fully saturated rings. The van der Waals surface area contributed by atoms with Gasteiger partial charge in [-0.1, -0.05) is 6.92 Å². The van der Waals surface area contributed by atoms with Crippen LogP contribution in [-0.4, -0.2) is 51.5 Å². The minimum absolute atomic E-state index is 0.0224. The third kappa shape index (κ3) is 4.88. The van der Waals surface area contributed by atoms with Crippen molar-refractivity contribution in [1.82, 2.24) is 14.6 Å². The van der Waals surface area contributed by atoms with Crippen LogP contribution in [0.4, 0.5) is 8.78 Å². The van der Waals surface area contributed by atoms with Gasteiger partial charge >= 0.3 is 6.61 Å². The Morgan fingerprint density at radius 2 is 1.97 bits per heavy atom. The highest BCUT2D eigenvalue weighted by Crippen LogP contribution is 2.37. The van der Waals surface area contributed by atoms with Gasteiger partial charge in [-0.3, -0.25) is 4.79 Å². The van der Waals surface area contributed by atoms with E-state index >= 15 is 0 Å². The van der Waals surface area contributed by atoms with E-state index < -0.39 is 23.9 Å². The van der Waals surface area contributed by atoms with Gasteiger partial charge in [-0.2, -0.15) is 13.9 Å². The number of nitrogens with zero attached hydrogens (tertiary/aromatic N) is 3. The lowest BCUT2D eigenvalue weighted by atomic mass is 10.0. The summed E-state index contributed by atoms with van der Waals surface area (Å²) in [6, 6.07) is 2.74. The molecule has 2 heterocycles. The summed E-state index contributed by atoms with van der Waals surface area (Å²) in [5, 5.41) is 14.2. The van der Waals surface area contributed by atoms with E-state index in [1.807, 2.05) is 6.92 Å². The Bertz CT molecular complexity index is 1140. The molecule has 1 amide bonds. The van der Waals surface area contributed by atoms with Crippen molar-refractivity contribution in [3.05, 3.63) is 35.8 Å². The summed E-state index contributed by atoms with van der Waals surface area (Å²) in [6.45, 7) is 2.03. The summed E-state index contributed by atoms with van der Waals surface area (Å²) in [6.07, 6.45) is 3.65. The van der Waals surface area contributed by atoms with E-state index in [-0.39, 0.29) is 17.9 Å². The molecule has 0 atom stereocenters. The number of alkyl halides is 2. The fraction of sp³-hybridized carbons (Fsp3) is 0.381. The van der Waals surface area contributed by atoms with Crippen molar-refractivity contribution in [3.63, 3.8) is 0 Å². The fourth-order valence-corrected chi connectivity index (χ4v) is 3.10. The molecule has 0 aliphatic heterocycles. The third-order valence-electron chi connectivity index (χ3n) is 4.51. The average Bonchev–Trinajstić information content (AvgIpc) is 3.12. The van der Waals surface area contributed by atoms with Crippen LogP contribution in [0.15, 0.2) is 24.5 Å². The molecule has 3 rings (SSSR count). The molecule has 9 nitrogen and oxygen atoms in total. The number of carbonyl (C=O) groups excluding carboxylic acids is 1. The number of amides is 1. The lowest BCUT2D eigenvalue weighted by molar-refractivity contribution is -0.0502. The average molecular weight is 450 g/mol. The van der Waals surface area contributed by atoms with Crippen molar-refractivity contribution in [3.8, 4) is 28.4 Å². The smallest absolute Gasteiger partial charge is 0.387 e. The molecule has 172 valence electrons. The van der Waals surface area contributed by atoms with E-state index in [9.17, 15) is 18.7 Å². The zero-order chi connectivity index (χ0) is 23.6. The Morgan fingerprint density at radius 3 is 2.53 bits per heavy atom. The van der Waals surface area contributed by atoms with Crippen LogP contribution in [0.3, 0.4) is 0 Å². The van der Waals surface area contributed by atoms with Crippen LogP contribution >= 0.6 is 0 Å². The molecule has 0 unspecified atom stereocenters. The molecule has 11 heteroatoms. The summed E-state index contributed by atoms with van der Waals surface area (Å²) in [7, 11) is 1.29. The molecular formula is C21H24F2N4O5. The maximum Gasteiger partial charge on any atom is 0.387 e. The number of nitrogens with two attached hydrogens (primary N) is 1. The first kappa shape index (κ1) is 23.2. The Morgan fingerprint density at radius 1 is 1.28 bits per heavy atom. The first-order valence-electron chi connectivity index (χ1n) is 9.73. The third-order valence-corrected chi connectivity index (χ3v) is 4.51. The van der Waals surface area contributed by atoms with Gasteiger partial charge in [0.1, 0.15) is 23.7 Å². The number of ether oxygens (including phenoxy) is 3. The van der Waals surface area contributed by atoms with Crippen molar-refractivity contribution in [1.29, 1.82) is 0 Å². The molecule has 0 saturated carbocycles. The monoisotopic (exact) mass is 450 g/mol. The summed E-state index contributed by atoms with van der Waals surface area (Å²) in [5.74, 6) is -0.947. The van der Waals surface area contributed by atoms with Crippen LogP contribution < -0.4 is 19.9 Å². The highest BCUT2D eigenvalue weighted by molar-refractivity contribution is 6.00. The highest BCUT2D eigenvalue weighted by Gasteiger charge is 2.23. The van der Waals surface area contributed by atoms with Gasteiger partial charge in [0.25, 0.3) is 5.91 Å². The molecule has 0 radical (unpaired) electrons. The molecule has 2 aromatic heterocycles. The summed E-state index contributed by atoms with van der Waals surface area (Å²) in [5.41, 5.74) is 5.93. The second kappa shape index (κ2) is 8.95. The number of hydrogen-bond donors (Lipinski definition) is 2. The zero-order valence-electron chi connectivity index (χ0n) is 18.1. The quantitative estimate of drug-likeness (QED) is 0.514. The van der Waals surface area contributed by atoms with Crippen LogP contribution in [0.1, 0.15) is 36.8 Å². The van der Waals surface area contributed by atoms with Crippen LogP contribution in [0.25, 0.3) is 16.8 Å². The van der Waals surface area contributed by atoms with Gasteiger partial charge in [0.05, 0.1) is 30.8 Å². The summed E-state index contributed by atoms with van der Waals surface area (Å²) < 4.78 is 42.8. The minimum Gasteiger partial charge on any atom is -0.496 e. The molecule has 0 aliphatic rings. The molecular weight excluding hydrogens is 426 g/mol. The number of benzene rings is 1. The SMILES string of the molecule is CCc1nc2c(-c3cc(OC)c(C(N)=O)c(OC(F)F)c3)cnn2cc1OCC(C)(C)O. The molecule has 32 heavy (non-hydrogen) atoms. The van der Waals surface area contributed by atoms with E-state index in [1.165, 1.54) is 30.0 Å².